The van der Waals surface area contributed by atoms with Crippen LogP contribution < -0.4 is 5.73 Å². The predicted octanol–water partition coefficient (Wildman–Crippen LogP) is 0.997. The fraction of sp³-hybridized carbons (Fsp3) is 0.667. The molecule has 9 heavy (non-hydrogen) atoms. The summed E-state index contributed by atoms with van der Waals surface area (Å²) < 4.78 is 0. The molecule has 0 aromatic heterocycles. The lowest BCUT2D eigenvalue weighted by Crippen LogP contribution is -2.11. The van der Waals surface area contributed by atoms with E-state index in [-0.39, 0.29) is 5.92 Å². The SMILES string of the molecule is CC(N)=NC(=N)C(C)C. The highest BCUT2D eigenvalue weighted by molar-refractivity contribution is 5.94. The van der Waals surface area contributed by atoms with Crippen molar-refractivity contribution in [1.29, 1.82) is 5.41 Å². The van der Waals surface area contributed by atoms with Crippen LogP contribution in [-0.4, -0.2) is 11.7 Å². The first kappa shape index (κ1) is 8.14. The highest BCUT2D eigenvalue weighted by Gasteiger charge is 1.98. The molecule has 0 spiro atoms. The Labute approximate surface area is 55.5 Å². The largest absolute Gasteiger partial charge is 0.387 e. The summed E-state index contributed by atoms with van der Waals surface area (Å²) in [6.07, 6.45) is 0. The molecule has 3 heteroatoms. The Kier molecular flexibility index (Phi) is 2.91. The van der Waals surface area contributed by atoms with Gasteiger partial charge in [0, 0.05) is 5.92 Å². The Morgan fingerprint density at radius 2 is 2.00 bits per heavy atom. The Morgan fingerprint density at radius 1 is 1.56 bits per heavy atom. The summed E-state index contributed by atoms with van der Waals surface area (Å²) in [5, 5.41) is 7.21. The number of rotatable bonds is 1. The molecule has 0 fully saturated rings. The molecule has 0 aliphatic rings. The maximum absolute atomic E-state index is 7.21. The maximum atomic E-state index is 7.21. The molecular weight excluding hydrogens is 114 g/mol. The van der Waals surface area contributed by atoms with E-state index in [1.54, 1.807) is 6.92 Å². The normalized spacial score (nSPS) is 12.2. The third kappa shape index (κ3) is 3.70. The second-order valence-corrected chi connectivity index (χ2v) is 2.29. The molecule has 0 saturated heterocycles. The summed E-state index contributed by atoms with van der Waals surface area (Å²) in [7, 11) is 0. The smallest absolute Gasteiger partial charge is 0.125 e. The number of aliphatic imine (C=N–C) groups is 1. The van der Waals surface area contributed by atoms with E-state index in [9.17, 15) is 0 Å². The van der Waals surface area contributed by atoms with Crippen LogP contribution in [0.1, 0.15) is 20.8 Å². The number of nitrogens with two attached hydrogens (primary N) is 1. The number of hydrogen-bond acceptors (Lipinski definition) is 1. The third-order valence-electron chi connectivity index (χ3n) is 0.844. The molecule has 0 amide bonds. The van der Waals surface area contributed by atoms with Crippen molar-refractivity contribution in [3.05, 3.63) is 0 Å². The van der Waals surface area contributed by atoms with Gasteiger partial charge in [0.25, 0.3) is 0 Å². The lowest BCUT2D eigenvalue weighted by Gasteiger charge is -1.99. The van der Waals surface area contributed by atoms with Crippen molar-refractivity contribution < 1.29 is 0 Å². The van der Waals surface area contributed by atoms with Crippen LogP contribution in [0.3, 0.4) is 0 Å². The summed E-state index contributed by atoms with van der Waals surface area (Å²) in [4.78, 5) is 3.75. The molecule has 0 unspecified atom stereocenters. The number of nitrogens with one attached hydrogen (secondary N) is 1. The quantitative estimate of drug-likeness (QED) is 0.400. The molecule has 52 valence electrons. The van der Waals surface area contributed by atoms with Gasteiger partial charge < -0.3 is 5.73 Å². The molecule has 0 heterocycles. The fourth-order valence-electron chi connectivity index (χ4n) is 0.319. The van der Waals surface area contributed by atoms with Crippen LogP contribution in [0, 0.1) is 11.3 Å². The minimum atomic E-state index is 0.170. The topological polar surface area (TPSA) is 62.2 Å². The van der Waals surface area contributed by atoms with Crippen LogP contribution >= 0.6 is 0 Å². The summed E-state index contributed by atoms with van der Waals surface area (Å²) in [5.74, 6) is 0.965. The zero-order chi connectivity index (χ0) is 7.44. The van der Waals surface area contributed by atoms with Gasteiger partial charge in [0.2, 0.25) is 0 Å². The maximum Gasteiger partial charge on any atom is 0.125 e. The van der Waals surface area contributed by atoms with E-state index in [2.05, 4.69) is 4.99 Å². The first-order valence-electron chi connectivity index (χ1n) is 2.93. The van der Waals surface area contributed by atoms with E-state index in [0.717, 1.165) is 0 Å². The van der Waals surface area contributed by atoms with Crippen molar-refractivity contribution in [3.63, 3.8) is 0 Å². The monoisotopic (exact) mass is 127 g/mol. The summed E-state index contributed by atoms with van der Waals surface area (Å²) >= 11 is 0. The summed E-state index contributed by atoms with van der Waals surface area (Å²) in [6, 6.07) is 0. The number of amidine groups is 2. The van der Waals surface area contributed by atoms with Gasteiger partial charge in [-0.3, -0.25) is 5.41 Å². The van der Waals surface area contributed by atoms with E-state index in [1.165, 1.54) is 0 Å². The van der Waals surface area contributed by atoms with E-state index in [4.69, 9.17) is 11.1 Å². The predicted molar refractivity (Wildman–Crippen MR) is 39.9 cm³/mol. The van der Waals surface area contributed by atoms with Crippen LogP contribution in [-0.2, 0) is 0 Å². The van der Waals surface area contributed by atoms with Gasteiger partial charge in [-0.05, 0) is 6.92 Å². The van der Waals surface area contributed by atoms with E-state index >= 15 is 0 Å². The molecule has 3 nitrogen and oxygen atoms in total. The first-order chi connectivity index (χ1) is 4.04. The van der Waals surface area contributed by atoms with E-state index in [1.807, 2.05) is 13.8 Å². The van der Waals surface area contributed by atoms with Gasteiger partial charge in [-0.2, -0.15) is 0 Å². The van der Waals surface area contributed by atoms with Crippen molar-refractivity contribution >= 4 is 11.7 Å². The lowest BCUT2D eigenvalue weighted by molar-refractivity contribution is 0.864. The van der Waals surface area contributed by atoms with E-state index < -0.39 is 0 Å². The minimum absolute atomic E-state index is 0.170. The second kappa shape index (κ2) is 3.22. The van der Waals surface area contributed by atoms with Crippen LogP contribution in [0.2, 0.25) is 0 Å². The Bertz CT molecular complexity index is 131. The molecular formula is C6H13N3. The van der Waals surface area contributed by atoms with Crippen LogP contribution in [0.4, 0.5) is 0 Å². The van der Waals surface area contributed by atoms with Gasteiger partial charge in [-0.1, -0.05) is 13.8 Å². The molecule has 0 radical (unpaired) electrons. The molecule has 0 aromatic rings. The van der Waals surface area contributed by atoms with Gasteiger partial charge in [0.05, 0.1) is 5.84 Å². The standard InChI is InChI=1S/C6H13N3/c1-4(2)6(8)9-5(3)7/h4H,1-3H3,(H3,7,8,9). The molecule has 0 aliphatic heterocycles. The Hall–Kier alpha value is -0.860. The molecule has 0 atom stereocenters. The zero-order valence-electron chi connectivity index (χ0n) is 6.10. The van der Waals surface area contributed by atoms with Crippen molar-refractivity contribution in [2.45, 2.75) is 20.8 Å². The molecule has 0 rings (SSSR count). The highest BCUT2D eigenvalue weighted by atomic mass is 14.9. The number of nitrogens with zero attached hydrogens (tertiary/aromatic N) is 1. The molecule has 0 aliphatic carbocycles. The second-order valence-electron chi connectivity index (χ2n) is 2.29. The van der Waals surface area contributed by atoms with Gasteiger partial charge in [-0.25, -0.2) is 4.99 Å². The van der Waals surface area contributed by atoms with Gasteiger partial charge in [0.1, 0.15) is 5.84 Å². The molecule has 0 bridgehead atoms. The van der Waals surface area contributed by atoms with Crippen molar-refractivity contribution in [1.82, 2.24) is 0 Å². The average Bonchev–Trinajstić information content (AvgIpc) is 1.63. The minimum Gasteiger partial charge on any atom is -0.387 e. The van der Waals surface area contributed by atoms with Crippen LogP contribution in [0.15, 0.2) is 4.99 Å². The van der Waals surface area contributed by atoms with Crippen LogP contribution in [0.25, 0.3) is 0 Å². The molecule has 0 aromatic carbocycles. The van der Waals surface area contributed by atoms with Crippen molar-refractivity contribution in [2.75, 3.05) is 0 Å². The number of hydrogen-bond donors (Lipinski definition) is 2. The Morgan fingerprint density at radius 3 is 2.11 bits per heavy atom. The van der Waals surface area contributed by atoms with Crippen molar-refractivity contribution in [3.8, 4) is 0 Å². The van der Waals surface area contributed by atoms with Gasteiger partial charge >= 0.3 is 0 Å². The van der Waals surface area contributed by atoms with Crippen molar-refractivity contribution in [2.24, 2.45) is 16.6 Å². The average molecular weight is 127 g/mol. The lowest BCUT2D eigenvalue weighted by atomic mass is 10.2. The molecule has 3 N–H and O–H groups in total. The Balaban J connectivity index is 3.93. The first-order valence-corrected chi connectivity index (χ1v) is 2.93. The van der Waals surface area contributed by atoms with E-state index in [0.29, 0.717) is 11.7 Å². The molecule has 0 saturated carbocycles. The third-order valence-corrected chi connectivity index (χ3v) is 0.844. The highest BCUT2D eigenvalue weighted by Crippen LogP contribution is 1.94. The fourth-order valence-corrected chi connectivity index (χ4v) is 0.319. The summed E-state index contributed by atoms with van der Waals surface area (Å²) in [5.41, 5.74) is 5.24. The van der Waals surface area contributed by atoms with Gasteiger partial charge in [0.15, 0.2) is 0 Å². The zero-order valence-corrected chi connectivity index (χ0v) is 6.10. The van der Waals surface area contributed by atoms with Crippen LogP contribution in [0.5, 0.6) is 0 Å². The van der Waals surface area contributed by atoms with Gasteiger partial charge in [-0.15, -0.1) is 0 Å². The summed E-state index contributed by atoms with van der Waals surface area (Å²) in [6.45, 7) is 5.50.